The third kappa shape index (κ3) is 3.66. The molecule has 0 radical (unpaired) electrons. The fourth-order valence-corrected chi connectivity index (χ4v) is 3.86. The van der Waals surface area contributed by atoms with Gasteiger partial charge in [0, 0.05) is 40.3 Å². The highest BCUT2D eigenvalue weighted by atomic mass is 32.1. The van der Waals surface area contributed by atoms with Crippen LogP contribution >= 0.6 is 12.6 Å². The van der Waals surface area contributed by atoms with Gasteiger partial charge in [-0.15, -0.1) is 12.6 Å². The summed E-state index contributed by atoms with van der Waals surface area (Å²) in [7, 11) is 2.05. The van der Waals surface area contributed by atoms with Gasteiger partial charge in [0.05, 0.1) is 5.52 Å². The number of aromatic nitrogens is 3. The molecule has 0 atom stereocenters. The Morgan fingerprint density at radius 3 is 2.54 bits per heavy atom. The van der Waals surface area contributed by atoms with Gasteiger partial charge in [0.15, 0.2) is 0 Å². The van der Waals surface area contributed by atoms with E-state index in [4.69, 9.17) is 0 Å². The normalized spacial score (nSPS) is 20.2. The van der Waals surface area contributed by atoms with E-state index in [0.717, 1.165) is 45.6 Å². The van der Waals surface area contributed by atoms with Crippen molar-refractivity contribution in [3.8, 4) is 11.1 Å². The first-order valence-corrected chi connectivity index (χ1v) is 9.50. The maximum absolute atomic E-state index is 4.52. The molecule has 6 heteroatoms. The third-order valence-corrected chi connectivity index (χ3v) is 5.41. The molecule has 0 bridgehead atoms. The van der Waals surface area contributed by atoms with Crippen LogP contribution in [0.4, 0.5) is 5.82 Å². The van der Waals surface area contributed by atoms with Gasteiger partial charge >= 0.3 is 0 Å². The average Bonchev–Trinajstić information content (AvgIpc) is 2.68. The molecule has 4 rings (SSSR count). The maximum atomic E-state index is 4.52. The Morgan fingerprint density at radius 2 is 1.77 bits per heavy atom. The lowest BCUT2D eigenvalue weighted by atomic mass is 9.91. The lowest BCUT2D eigenvalue weighted by molar-refractivity contribution is 0.371. The van der Waals surface area contributed by atoms with Gasteiger partial charge in [-0.3, -0.25) is 4.98 Å². The molecule has 1 aliphatic carbocycles. The first-order chi connectivity index (χ1) is 12.7. The minimum Gasteiger partial charge on any atom is -0.367 e. The van der Waals surface area contributed by atoms with E-state index < -0.39 is 0 Å². The molecular formula is C20H23N5S. The Hall–Kier alpha value is -2.18. The molecule has 5 nitrogen and oxygen atoms in total. The van der Waals surface area contributed by atoms with Gasteiger partial charge in [0.2, 0.25) is 0 Å². The molecule has 2 N–H and O–H groups in total. The number of thiol groups is 1. The van der Waals surface area contributed by atoms with Crippen LogP contribution in [0.3, 0.4) is 0 Å². The molecule has 26 heavy (non-hydrogen) atoms. The molecule has 2 aromatic heterocycles. The number of hydrogen-bond acceptors (Lipinski definition) is 6. The summed E-state index contributed by atoms with van der Waals surface area (Å²) in [6.07, 6.45) is 9.94. The van der Waals surface area contributed by atoms with E-state index in [-0.39, 0.29) is 0 Å². The van der Waals surface area contributed by atoms with Gasteiger partial charge in [0.25, 0.3) is 0 Å². The summed E-state index contributed by atoms with van der Waals surface area (Å²) in [5.41, 5.74) is 3.09. The molecule has 0 saturated heterocycles. The second kappa shape index (κ2) is 7.60. The van der Waals surface area contributed by atoms with Crippen LogP contribution in [-0.2, 0) is 0 Å². The Balaban J connectivity index is 1.64. The largest absolute Gasteiger partial charge is 0.367 e. The zero-order valence-corrected chi connectivity index (χ0v) is 15.7. The summed E-state index contributed by atoms with van der Waals surface area (Å²) in [5.74, 6) is 0.916. The van der Waals surface area contributed by atoms with Gasteiger partial charge in [-0.05, 0) is 56.5 Å². The van der Waals surface area contributed by atoms with Crippen LogP contribution in [0.25, 0.3) is 22.0 Å². The lowest BCUT2D eigenvalue weighted by Gasteiger charge is -2.29. The summed E-state index contributed by atoms with van der Waals surface area (Å²) >= 11 is 4.40. The van der Waals surface area contributed by atoms with E-state index in [1.54, 1.807) is 12.5 Å². The van der Waals surface area contributed by atoms with Crippen LogP contribution in [0.2, 0.25) is 0 Å². The number of nitrogens with zero attached hydrogens (tertiary/aromatic N) is 3. The Morgan fingerprint density at radius 1 is 0.962 bits per heavy atom. The highest BCUT2D eigenvalue weighted by Crippen LogP contribution is 2.29. The first-order valence-electron chi connectivity index (χ1n) is 9.06. The first kappa shape index (κ1) is 17.2. The quantitative estimate of drug-likeness (QED) is 0.612. The number of pyridine rings is 1. The Kier molecular flexibility index (Phi) is 5.04. The molecule has 0 aliphatic heterocycles. The topological polar surface area (TPSA) is 62.7 Å². The summed E-state index contributed by atoms with van der Waals surface area (Å²) in [6.45, 7) is 0. The summed E-state index contributed by atoms with van der Waals surface area (Å²) in [5, 5.41) is 8.08. The molecule has 3 aromatic rings. The predicted octanol–water partition coefficient (Wildman–Crippen LogP) is 3.92. The van der Waals surface area contributed by atoms with E-state index in [0.29, 0.717) is 12.1 Å². The fourth-order valence-electron chi connectivity index (χ4n) is 3.66. The molecule has 0 unspecified atom stereocenters. The van der Waals surface area contributed by atoms with Crippen molar-refractivity contribution in [2.45, 2.75) is 42.7 Å². The highest BCUT2D eigenvalue weighted by molar-refractivity contribution is 7.80. The lowest BCUT2D eigenvalue weighted by Crippen LogP contribution is -2.35. The molecule has 0 spiro atoms. The van der Waals surface area contributed by atoms with Crippen LogP contribution in [0, 0.1) is 0 Å². The number of hydrogen-bond donors (Lipinski definition) is 3. The molecule has 2 heterocycles. The molecule has 1 saturated carbocycles. The zero-order valence-electron chi connectivity index (χ0n) is 14.8. The van der Waals surface area contributed by atoms with Crippen LogP contribution in [0.5, 0.6) is 0 Å². The van der Waals surface area contributed by atoms with Gasteiger partial charge in [-0.1, -0.05) is 6.07 Å². The van der Waals surface area contributed by atoms with Crippen molar-refractivity contribution >= 4 is 29.3 Å². The van der Waals surface area contributed by atoms with Crippen molar-refractivity contribution < 1.29 is 0 Å². The fraction of sp³-hybridized carbons (Fsp3) is 0.350. The number of nitrogens with one attached hydrogen (secondary N) is 2. The highest BCUT2D eigenvalue weighted by Gasteiger charge is 2.20. The number of anilines is 1. The van der Waals surface area contributed by atoms with Gasteiger partial charge in [-0.25, -0.2) is 9.97 Å². The van der Waals surface area contributed by atoms with Crippen molar-refractivity contribution in [1.82, 2.24) is 20.3 Å². The average molecular weight is 366 g/mol. The smallest absolute Gasteiger partial charge is 0.137 e. The number of rotatable bonds is 4. The van der Waals surface area contributed by atoms with E-state index in [1.807, 2.05) is 25.4 Å². The van der Waals surface area contributed by atoms with Crippen molar-refractivity contribution in [3.05, 3.63) is 43.0 Å². The predicted molar refractivity (Wildman–Crippen MR) is 109 cm³/mol. The van der Waals surface area contributed by atoms with Gasteiger partial charge in [-0.2, -0.15) is 0 Å². The van der Waals surface area contributed by atoms with Crippen molar-refractivity contribution in [2.75, 3.05) is 12.4 Å². The monoisotopic (exact) mass is 365 g/mol. The molecule has 1 aromatic carbocycles. The standard InChI is InChI=1S/C20H23N5S/c1-21-15-3-5-16(6-4-15)25-20-18-9-13(2-7-19(18)23-12-24-20)14-8-17(26)11-22-10-14/h2,7-12,15-16,21,26H,3-6H2,1H3,(H,23,24,25). The van der Waals surface area contributed by atoms with Crippen molar-refractivity contribution in [1.29, 1.82) is 0 Å². The van der Waals surface area contributed by atoms with E-state index in [9.17, 15) is 0 Å². The van der Waals surface area contributed by atoms with E-state index in [2.05, 4.69) is 50.3 Å². The number of fused-ring (bicyclic) bond motifs is 1. The van der Waals surface area contributed by atoms with E-state index in [1.165, 1.54) is 12.8 Å². The van der Waals surface area contributed by atoms with Crippen LogP contribution < -0.4 is 10.6 Å². The molecular weight excluding hydrogens is 342 g/mol. The van der Waals surface area contributed by atoms with Crippen LogP contribution in [0.1, 0.15) is 25.7 Å². The summed E-state index contributed by atoms with van der Waals surface area (Å²) in [4.78, 5) is 14.0. The summed E-state index contributed by atoms with van der Waals surface area (Å²) in [6, 6.07) is 9.38. The number of benzene rings is 1. The zero-order chi connectivity index (χ0) is 17.9. The van der Waals surface area contributed by atoms with Gasteiger partial charge in [0.1, 0.15) is 12.1 Å². The molecule has 134 valence electrons. The minimum absolute atomic E-state index is 0.462. The molecule has 1 aliphatic rings. The SMILES string of the molecule is CNC1CCC(Nc2ncnc3ccc(-c4cncc(S)c4)cc23)CC1. The summed E-state index contributed by atoms with van der Waals surface area (Å²) < 4.78 is 0. The van der Waals surface area contributed by atoms with E-state index >= 15 is 0 Å². The van der Waals surface area contributed by atoms with Crippen LogP contribution in [-0.4, -0.2) is 34.1 Å². The minimum atomic E-state index is 0.462. The Bertz CT molecular complexity index is 906. The maximum Gasteiger partial charge on any atom is 0.137 e. The second-order valence-corrected chi connectivity index (χ2v) is 7.38. The van der Waals surface area contributed by atoms with Gasteiger partial charge < -0.3 is 10.6 Å². The third-order valence-electron chi connectivity index (χ3n) is 5.17. The molecule has 0 amide bonds. The Labute approximate surface area is 159 Å². The second-order valence-electron chi connectivity index (χ2n) is 6.87. The van der Waals surface area contributed by atoms with Crippen molar-refractivity contribution in [2.24, 2.45) is 0 Å². The van der Waals surface area contributed by atoms with Crippen LogP contribution in [0.15, 0.2) is 47.9 Å². The van der Waals surface area contributed by atoms with Crippen molar-refractivity contribution in [3.63, 3.8) is 0 Å². The molecule has 1 fully saturated rings.